The number of halogens is 2. The van der Waals surface area contributed by atoms with Gasteiger partial charge in [-0.15, -0.1) is 0 Å². The van der Waals surface area contributed by atoms with Crippen LogP contribution in [0.3, 0.4) is 0 Å². The third-order valence-corrected chi connectivity index (χ3v) is 6.89. The van der Waals surface area contributed by atoms with Gasteiger partial charge in [0.25, 0.3) is 6.43 Å². The fourth-order valence-electron chi connectivity index (χ4n) is 5.07. The fraction of sp³-hybridized carbons (Fsp3) is 0.739. The first kappa shape index (κ1) is 21.3. The van der Waals surface area contributed by atoms with Crippen molar-refractivity contribution in [1.82, 2.24) is 14.7 Å². The molecule has 0 unspecified atom stereocenters. The number of carbonyl (C=O) groups excluding carboxylic acids is 1. The van der Waals surface area contributed by atoms with E-state index >= 15 is 0 Å². The maximum atomic E-state index is 13.9. The van der Waals surface area contributed by atoms with Gasteiger partial charge >= 0.3 is 0 Å². The van der Waals surface area contributed by atoms with Crippen LogP contribution in [0.4, 0.5) is 14.6 Å². The maximum Gasteiger partial charge on any atom is 0.260 e. The molecule has 1 aromatic rings. The highest BCUT2D eigenvalue weighted by atomic mass is 19.3. The lowest BCUT2D eigenvalue weighted by atomic mass is 9.84. The number of nitrogens with zero attached hydrogens (tertiary/aromatic N) is 3. The molecule has 0 bridgehead atoms. The van der Waals surface area contributed by atoms with Crippen LogP contribution in [-0.2, 0) is 10.2 Å². The number of piperidine rings is 1. The summed E-state index contributed by atoms with van der Waals surface area (Å²) in [6, 6.07) is 0.932. The molecule has 7 heteroatoms. The summed E-state index contributed by atoms with van der Waals surface area (Å²) < 4.78 is 29.4. The van der Waals surface area contributed by atoms with Crippen molar-refractivity contribution in [3.8, 4) is 0 Å². The summed E-state index contributed by atoms with van der Waals surface area (Å²) in [6.07, 6.45) is 6.74. The normalized spacial score (nSPS) is 29.6. The number of likely N-dealkylation sites (tertiary alicyclic amines) is 1. The van der Waals surface area contributed by atoms with E-state index in [1.54, 1.807) is 0 Å². The van der Waals surface area contributed by atoms with Gasteiger partial charge in [-0.25, -0.2) is 13.5 Å². The molecular weight excluding hydrogens is 386 g/mol. The van der Waals surface area contributed by atoms with Gasteiger partial charge in [0.1, 0.15) is 11.9 Å². The number of hydrogen-bond donors (Lipinski definition) is 1. The number of alkyl halides is 2. The summed E-state index contributed by atoms with van der Waals surface area (Å²) in [5.74, 6) is 1.19. The lowest BCUT2D eigenvalue weighted by Gasteiger charge is -2.42. The van der Waals surface area contributed by atoms with Crippen molar-refractivity contribution in [1.29, 1.82) is 0 Å². The number of fused-ring (bicyclic) bond motifs is 1. The summed E-state index contributed by atoms with van der Waals surface area (Å²) in [5.41, 5.74) is 0.624. The van der Waals surface area contributed by atoms with Crippen molar-refractivity contribution in [2.24, 2.45) is 11.8 Å². The highest BCUT2D eigenvalue weighted by molar-refractivity contribution is 5.79. The molecule has 1 fully saturated rings. The number of amides is 1. The van der Waals surface area contributed by atoms with Gasteiger partial charge in [0, 0.05) is 36.5 Å². The van der Waals surface area contributed by atoms with Gasteiger partial charge in [-0.2, -0.15) is 5.10 Å². The number of aromatic nitrogens is 2. The predicted octanol–water partition coefficient (Wildman–Crippen LogP) is 4.77. The first-order valence-corrected chi connectivity index (χ1v) is 11.3. The second-order valence-electron chi connectivity index (χ2n) is 10.2. The van der Waals surface area contributed by atoms with E-state index in [1.165, 1.54) is 4.68 Å². The third-order valence-electron chi connectivity index (χ3n) is 6.89. The zero-order chi connectivity index (χ0) is 21.5. The molecule has 0 radical (unpaired) electrons. The van der Waals surface area contributed by atoms with Gasteiger partial charge in [-0.05, 0) is 44.4 Å². The molecule has 30 heavy (non-hydrogen) atoms. The van der Waals surface area contributed by atoms with Gasteiger partial charge in [0.15, 0.2) is 0 Å². The Morgan fingerprint density at radius 1 is 1.27 bits per heavy atom. The molecule has 0 spiro atoms. The van der Waals surface area contributed by atoms with Crippen molar-refractivity contribution in [3.05, 3.63) is 23.9 Å². The predicted molar refractivity (Wildman–Crippen MR) is 114 cm³/mol. The second kappa shape index (κ2) is 8.31. The lowest BCUT2D eigenvalue weighted by Crippen LogP contribution is -2.49. The van der Waals surface area contributed by atoms with Crippen LogP contribution in [0.25, 0.3) is 0 Å². The fourth-order valence-corrected chi connectivity index (χ4v) is 5.07. The van der Waals surface area contributed by atoms with Gasteiger partial charge in [0.05, 0.1) is 5.69 Å². The summed E-state index contributed by atoms with van der Waals surface area (Å²) in [7, 11) is 0. The largest absolute Gasteiger partial charge is 0.367 e. The quantitative estimate of drug-likeness (QED) is 0.717. The Morgan fingerprint density at radius 2 is 2.07 bits per heavy atom. The van der Waals surface area contributed by atoms with Crippen molar-refractivity contribution >= 4 is 11.7 Å². The molecule has 0 saturated carbocycles. The van der Waals surface area contributed by atoms with Crippen LogP contribution in [-0.4, -0.2) is 46.1 Å². The average molecular weight is 421 g/mol. The molecule has 1 amide bonds. The zero-order valence-corrected chi connectivity index (χ0v) is 18.3. The smallest absolute Gasteiger partial charge is 0.260 e. The monoisotopic (exact) mass is 420 g/mol. The number of rotatable bonds is 3. The summed E-state index contributed by atoms with van der Waals surface area (Å²) in [4.78, 5) is 15.0. The van der Waals surface area contributed by atoms with E-state index in [0.29, 0.717) is 18.8 Å². The molecule has 2 aliphatic heterocycles. The number of allylic oxidation sites excluding steroid dienone is 2. The Morgan fingerprint density at radius 3 is 2.73 bits per heavy atom. The van der Waals surface area contributed by atoms with Crippen molar-refractivity contribution in [3.63, 3.8) is 0 Å². The number of carbonyl (C=O) groups is 1. The number of nitrogens with one attached hydrogen (secondary N) is 1. The van der Waals surface area contributed by atoms with Crippen LogP contribution < -0.4 is 5.32 Å². The molecule has 1 N–H and O–H groups in total. The molecule has 1 aromatic heterocycles. The van der Waals surface area contributed by atoms with Gasteiger partial charge in [-0.3, -0.25) is 4.79 Å². The molecule has 0 aromatic carbocycles. The van der Waals surface area contributed by atoms with E-state index < -0.39 is 12.5 Å². The number of hydrogen-bond acceptors (Lipinski definition) is 3. The van der Waals surface area contributed by atoms with Crippen LogP contribution in [0.2, 0.25) is 0 Å². The minimum absolute atomic E-state index is 0.0668. The molecule has 4 atom stereocenters. The van der Waals surface area contributed by atoms with E-state index in [4.69, 9.17) is 0 Å². The highest BCUT2D eigenvalue weighted by Crippen LogP contribution is 2.38. The second-order valence-corrected chi connectivity index (χ2v) is 10.2. The van der Waals surface area contributed by atoms with E-state index in [9.17, 15) is 13.6 Å². The SMILES string of the molecule is CC(C)(C)c1cc2n(n1)[C@@H](C(F)F)C[C@@H]([C@@H]1CCCN(C(=O)[C@@H]3CC=CCC3)C1)N2. The van der Waals surface area contributed by atoms with Gasteiger partial charge < -0.3 is 10.2 Å². The minimum atomic E-state index is -2.46. The number of anilines is 1. The van der Waals surface area contributed by atoms with Crippen LogP contribution in [0.1, 0.15) is 71.0 Å². The minimum Gasteiger partial charge on any atom is -0.367 e. The Balaban J connectivity index is 1.50. The molecule has 1 aliphatic carbocycles. The molecule has 166 valence electrons. The molecule has 3 heterocycles. The highest BCUT2D eigenvalue weighted by Gasteiger charge is 2.40. The molecule has 4 rings (SSSR count). The topological polar surface area (TPSA) is 50.2 Å². The Kier molecular flexibility index (Phi) is 5.90. The Hall–Kier alpha value is -1.92. The average Bonchev–Trinajstić information content (AvgIpc) is 3.18. The first-order valence-electron chi connectivity index (χ1n) is 11.3. The molecule has 1 saturated heterocycles. The zero-order valence-electron chi connectivity index (χ0n) is 18.3. The van der Waals surface area contributed by atoms with Crippen LogP contribution in [0.5, 0.6) is 0 Å². The summed E-state index contributed by atoms with van der Waals surface area (Å²) in [5, 5.41) is 8.01. The Bertz CT molecular complexity index is 798. The van der Waals surface area contributed by atoms with Crippen molar-refractivity contribution in [2.75, 3.05) is 18.4 Å². The molecule has 3 aliphatic rings. The Labute approximate surface area is 177 Å². The van der Waals surface area contributed by atoms with Gasteiger partial charge in [0.2, 0.25) is 5.91 Å². The lowest BCUT2D eigenvalue weighted by molar-refractivity contribution is -0.137. The van der Waals surface area contributed by atoms with Crippen LogP contribution in [0, 0.1) is 11.8 Å². The van der Waals surface area contributed by atoms with Crippen molar-refractivity contribution in [2.45, 2.75) is 83.2 Å². The molecule has 5 nitrogen and oxygen atoms in total. The van der Waals surface area contributed by atoms with E-state index in [-0.39, 0.29) is 29.2 Å². The van der Waals surface area contributed by atoms with E-state index in [1.807, 2.05) is 31.7 Å². The summed E-state index contributed by atoms with van der Waals surface area (Å²) in [6.45, 7) is 7.57. The maximum absolute atomic E-state index is 13.9. The van der Waals surface area contributed by atoms with E-state index in [0.717, 1.165) is 44.3 Å². The van der Waals surface area contributed by atoms with Gasteiger partial charge in [-0.1, -0.05) is 32.9 Å². The molecular formula is C23H34F2N4O. The standard InChI is InChI=1S/C23H34F2N4O/c1-23(2,3)19-13-20-26-17(12-18(21(24)25)29(20)27-19)16-10-7-11-28(14-16)22(30)15-8-5-4-6-9-15/h4-5,13,15-18,21,26H,6-12,14H2,1-3H3/t15-,16-,17+,18-/m1/s1. The van der Waals surface area contributed by atoms with Crippen LogP contribution >= 0.6 is 0 Å². The van der Waals surface area contributed by atoms with Crippen LogP contribution in [0.15, 0.2) is 18.2 Å². The first-order chi connectivity index (χ1) is 14.2. The third kappa shape index (κ3) is 4.26. The van der Waals surface area contributed by atoms with E-state index in [2.05, 4.69) is 22.6 Å². The van der Waals surface area contributed by atoms with Crippen molar-refractivity contribution < 1.29 is 13.6 Å². The summed E-state index contributed by atoms with van der Waals surface area (Å²) >= 11 is 0.